The van der Waals surface area contributed by atoms with Gasteiger partial charge in [0.25, 0.3) is 5.91 Å². The Labute approximate surface area is 159 Å². The summed E-state index contributed by atoms with van der Waals surface area (Å²) in [7, 11) is 5.02. The first kappa shape index (κ1) is 18.1. The molecule has 3 aromatic rings. The number of benzene rings is 1. The fourth-order valence-electron chi connectivity index (χ4n) is 2.59. The fraction of sp³-hybridized carbons (Fsp3) is 0.222. The Balaban J connectivity index is 2.02. The Morgan fingerprint density at radius 3 is 2.42 bits per heavy atom. The molecule has 2 heterocycles. The van der Waals surface area contributed by atoms with E-state index in [2.05, 4.69) is 26.2 Å². The lowest BCUT2D eigenvalue weighted by Crippen LogP contribution is -2.31. The normalized spacial score (nSPS) is 11.8. The molecule has 136 valence electrons. The number of nitrogens with zero attached hydrogens (tertiary/aromatic N) is 2. The molecule has 0 aliphatic heterocycles. The van der Waals surface area contributed by atoms with Gasteiger partial charge in [0.15, 0.2) is 10.4 Å². The lowest BCUT2D eigenvalue weighted by molar-refractivity contribution is 0.0911. The average Bonchev–Trinajstić information content (AvgIpc) is 3.27. The molecule has 26 heavy (non-hydrogen) atoms. The maximum atomic E-state index is 12.6. The number of ether oxygens (including phenoxy) is 2. The molecule has 0 aliphatic rings. The van der Waals surface area contributed by atoms with Gasteiger partial charge in [-0.3, -0.25) is 4.79 Å². The van der Waals surface area contributed by atoms with Gasteiger partial charge in [-0.25, -0.2) is 4.98 Å². The quantitative estimate of drug-likeness (QED) is 0.662. The van der Waals surface area contributed by atoms with Crippen LogP contribution in [0.4, 0.5) is 0 Å². The predicted octanol–water partition coefficient (Wildman–Crippen LogP) is 3.31. The zero-order chi connectivity index (χ0) is 18.7. The van der Waals surface area contributed by atoms with Gasteiger partial charge in [0.2, 0.25) is 0 Å². The van der Waals surface area contributed by atoms with Crippen molar-refractivity contribution in [2.45, 2.75) is 6.04 Å². The molecular weight excluding hydrogens is 402 g/mol. The molecule has 0 bridgehead atoms. The summed E-state index contributed by atoms with van der Waals surface area (Å²) in [5, 5.41) is 2.96. The third-order valence-corrected chi connectivity index (χ3v) is 4.32. The highest BCUT2D eigenvalue weighted by molar-refractivity contribution is 9.10. The SMILES string of the molecule is COc1cc(OC)cc([C@@H](NC(=O)c2ccc(Br)o2)c2nccn2C)c1. The first-order valence-corrected chi connectivity index (χ1v) is 8.57. The summed E-state index contributed by atoms with van der Waals surface area (Å²) in [6.07, 6.45) is 3.49. The van der Waals surface area contributed by atoms with Crippen LogP contribution in [0.25, 0.3) is 0 Å². The van der Waals surface area contributed by atoms with E-state index < -0.39 is 6.04 Å². The smallest absolute Gasteiger partial charge is 0.287 e. The van der Waals surface area contributed by atoms with E-state index in [9.17, 15) is 4.79 Å². The number of furan rings is 1. The third-order valence-electron chi connectivity index (χ3n) is 3.90. The number of rotatable bonds is 6. The van der Waals surface area contributed by atoms with Crippen LogP contribution in [0.2, 0.25) is 0 Å². The van der Waals surface area contributed by atoms with Crippen LogP contribution >= 0.6 is 15.9 Å². The number of aryl methyl sites for hydroxylation is 1. The molecule has 1 aromatic carbocycles. The molecule has 0 aliphatic carbocycles. The summed E-state index contributed by atoms with van der Waals surface area (Å²) >= 11 is 3.20. The van der Waals surface area contributed by atoms with Crippen LogP contribution in [0.1, 0.15) is 28.0 Å². The Kier molecular flexibility index (Phi) is 5.32. The van der Waals surface area contributed by atoms with Gasteiger partial charge in [0.05, 0.1) is 14.2 Å². The minimum Gasteiger partial charge on any atom is -0.497 e. The maximum Gasteiger partial charge on any atom is 0.287 e. The number of nitrogens with one attached hydrogen (secondary N) is 1. The highest BCUT2D eigenvalue weighted by Crippen LogP contribution is 2.30. The summed E-state index contributed by atoms with van der Waals surface area (Å²) in [5.74, 6) is 1.75. The van der Waals surface area contributed by atoms with Gasteiger partial charge in [0, 0.05) is 25.5 Å². The van der Waals surface area contributed by atoms with Crippen molar-refractivity contribution in [2.75, 3.05) is 14.2 Å². The second-order valence-corrected chi connectivity index (χ2v) is 6.33. The van der Waals surface area contributed by atoms with E-state index in [-0.39, 0.29) is 11.7 Å². The van der Waals surface area contributed by atoms with Crippen molar-refractivity contribution in [1.29, 1.82) is 0 Å². The van der Waals surface area contributed by atoms with E-state index in [1.165, 1.54) is 0 Å². The lowest BCUT2D eigenvalue weighted by atomic mass is 10.0. The van der Waals surface area contributed by atoms with Crippen molar-refractivity contribution < 1.29 is 18.7 Å². The Morgan fingerprint density at radius 2 is 1.92 bits per heavy atom. The molecule has 1 atom stereocenters. The summed E-state index contributed by atoms with van der Waals surface area (Å²) < 4.78 is 18.4. The van der Waals surface area contributed by atoms with Crippen molar-refractivity contribution in [2.24, 2.45) is 7.05 Å². The summed E-state index contributed by atoms with van der Waals surface area (Å²) in [6, 6.07) is 8.18. The van der Waals surface area contributed by atoms with E-state index in [0.717, 1.165) is 5.56 Å². The van der Waals surface area contributed by atoms with Crippen LogP contribution in [0.5, 0.6) is 11.5 Å². The Morgan fingerprint density at radius 1 is 1.23 bits per heavy atom. The number of carbonyl (C=O) groups is 1. The van der Waals surface area contributed by atoms with E-state index in [4.69, 9.17) is 13.9 Å². The summed E-state index contributed by atoms with van der Waals surface area (Å²) in [4.78, 5) is 17.0. The second-order valence-electron chi connectivity index (χ2n) is 5.55. The molecule has 0 spiro atoms. The second kappa shape index (κ2) is 7.65. The molecule has 0 unspecified atom stereocenters. The number of halogens is 1. The Bertz CT molecular complexity index is 897. The molecular formula is C18H18BrN3O4. The van der Waals surface area contributed by atoms with Crippen molar-refractivity contribution >= 4 is 21.8 Å². The molecule has 0 radical (unpaired) electrons. The van der Waals surface area contributed by atoms with Crippen LogP contribution in [0.3, 0.4) is 0 Å². The molecule has 8 heteroatoms. The van der Waals surface area contributed by atoms with Gasteiger partial charge in [0.1, 0.15) is 23.4 Å². The molecule has 3 rings (SSSR count). The van der Waals surface area contributed by atoms with Crippen molar-refractivity contribution in [1.82, 2.24) is 14.9 Å². The molecule has 0 saturated heterocycles. The van der Waals surface area contributed by atoms with Crippen molar-refractivity contribution in [3.63, 3.8) is 0 Å². The monoisotopic (exact) mass is 419 g/mol. The summed E-state index contributed by atoms with van der Waals surface area (Å²) in [5.41, 5.74) is 0.773. The van der Waals surface area contributed by atoms with Crippen LogP contribution in [-0.2, 0) is 7.05 Å². The first-order chi connectivity index (χ1) is 12.5. The number of hydrogen-bond donors (Lipinski definition) is 1. The Hall–Kier alpha value is -2.74. The third kappa shape index (κ3) is 3.75. The molecule has 0 fully saturated rings. The first-order valence-electron chi connectivity index (χ1n) is 7.78. The average molecular weight is 420 g/mol. The number of imidazole rings is 1. The van der Waals surface area contributed by atoms with Gasteiger partial charge in [-0.1, -0.05) is 0 Å². The number of methoxy groups -OCH3 is 2. The molecule has 7 nitrogen and oxygen atoms in total. The minimum absolute atomic E-state index is 0.200. The van der Waals surface area contributed by atoms with Crippen LogP contribution < -0.4 is 14.8 Å². The maximum absolute atomic E-state index is 12.6. The fourth-order valence-corrected chi connectivity index (χ4v) is 2.89. The largest absolute Gasteiger partial charge is 0.497 e. The van der Waals surface area contributed by atoms with E-state index in [1.807, 2.05) is 29.9 Å². The zero-order valence-corrected chi connectivity index (χ0v) is 16.1. The highest BCUT2D eigenvalue weighted by atomic mass is 79.9. The number of hydrogen-bond acceptors (Lipinski definition) is 5. The number of carbonyl (C=O) groups excluding carboxylic acids is 1. The molecule has 1 N–H and O–H groups in total. The molecule has 0 saturated carbocycles. The standard InChI is InChI=1S/C18H18BrN3O4/c1-22-7-6-20-17(22)16(21-18(23)14-4-5-15(19)26-14)11-8-12(24-2)10-13(9-11)25-3/h4-10,16H,1-3H3,(H,21,23)/t16-/m1/s1. The van der Waals surface area contributed by atoms with Gasteiger partial charge in [-0.15, -0.1) is 0 Å². The van der Waals surface area contributed by atoms with E-state index >= 15 is 0 Å². The van der Waals surface area contributed by atoms with E-state index in [1.54, 1.807) is 38.6 Å². The van der Waals surface area contributed by atoms with E-state index in [0.29, 0.717) is 22.0 Å². The van der Waals surface area contributed by atoms with Crippen LogP contribution in [-0.4, -0.2) is 29.7 Å². The zero-order valence-electron chi connectivity index (χ0n) is 14.5. The van der Waals surface area contributed by atoms with Gasteiger partial charge in [-0.2, -0.15) is 0 Å². The topological polar surface area (TPSA) is 78.5 Å². The lowest BCUT2D eigenvalue weighted by Gasteiger charge is -2.20. The minimum atomic E-state index is -0.518. The van der Waals surface area contributed by atoms with Crippen LogP contribution in [0, 0.1) is 0 Å². The van der Waals surface area contributed by atoms with Gasteiger partial charge < -0.3 is 23.8 Å². The summed E-state index contributed by atoms with van der Waals surface area (Å²) in [6.45, 7) is 0. The molecule has 2 aromatic heterocycles. The molecule has 1 amide bonds. The van der Waals surface area contributed by atoms with Crippen LogP contribution in [0.15, 0.2) is 51.8 Å². The number of aromatic nitrogens is 2. The van der Waals surface area contributed by atoms with Gasteiger partial charge in [-0.05, 0) is 45.8 Å². The van der Waals surface area contributed by atoms with Crippen molar-refractivity contribution in [3.8, 4) is 11.5 Å². The predicted molar refractivity (Wildman–Crippen MR) is 98.5 cm³/mol. The van der Waals surface area contributed by atoms with Crippen molar-refractivity contribution in [3.05, 3.63) is 64.5 Å². The van der Waals surface area contributed by atoms with Gasteiger partial charge >= 0.3 is 0 Å². The highest BCUT2D eigenvalue weighted by Gasteiger charge is 2.24. The number of amides is 1.